The van der Waals surface area contributed by atoms with Gasteiger partial charge in [-0.1, -0.05) is 6.08 Å². The summed E-state index contributed by atoms with van der Waals surface area (Å²) >= 11 is 0. The highest BCUT2D eigenvalue weighted by molar-refractivity contribution is 5.97. The predicted molar refractivity (Wildman–Crippen MR) is 101 cm³/mol. The largest absolute Gasteiger partial charge is 0.378 e. The van der Waals surface area contributed by atoms with Crippen LogP contribution in [0.5, 0.6) is 0 Å². The molecule has 0 aromatic carbocycles. The van der Waals surface area contributed by atoms with Crippen LogP contribution in [0.4, 0.5) is 10.2 Å². The van der Waals surface area contributed by atoms with Gasteiger partial charge in [-0.25, -0.2) is 9.37 Å². The van der Waals surface area contributed by atoms with E-state index in [4.69, 9.17) is 0 Å². The van der Waals surface area contributed by atoms with E-state index in [0.717, 1.165) is 35.9 Å². The summed E-state index contributed by atoms with van der Waals surface area (Å²) in [7, 11) is 0. The molecular formula is C20H23FN4O2. The first kappa shape index (κ1) is 16.9. The molecule has 2 aromatic rings. The van der Waals surface area contributed by atoms with Crippen LogP contribution in [0.1, 0.15) is 31.2 Å². The van der Waals surface area contributed by atoms with Gasteiger partial charge in [-0.15, -0.1) is 0 Å². The monoisotopic (exact) mass is 370 g/mol. The number of alkyl halides is 1. The van der Waals surface area contributed by atoms with E-state index in [1.165, 1.54) is 5.57 Å². The second kappa shape index (κ2) is 6.42. The highest BCUT2D eigenvalue weighted by Gasteiger charge is 2.45. The minimum atomic E-state index is -0.859. The molecule has 3 aliphatic rings. The number of pyridine rings is 1. The number of aliphatic hydroxyl groups is 1. The zero-order valence-electron chi connectivity index (χ0n) is 15.0. The topological polar surface area (TPSA) is 81.3 Å². The second-order valence-electron chi connectivity index (χ2n) is 7.86. The molecule has 3 heterocycles. The minimum Gasteiger partial charge on any atom is -0.378 e. The van der Waals surface area contributed by atoms with E-state index in [2.05, 4.69) is 21.4 Å². The Hall–Kier alpha value is -2.25. The lowest BCUT2D eigenvalue weighted by atomic mass is 9.97. The van der Waals surface area contributed by atoms with E-state index in [0.29, 0.717) is 25.3 Å². The lowest BCUT2D eigenvalue weighted by Gasteiger charge is -2.31. The number of amides is 1. The number of carbonyl (C=O) groups is 1. The third-order valence-electron chi connectivity index (χ3n) is 5.83. The van der Waals surface area contributed by atoms with E-state index in [1.807, 2.05) is 23.2 Å². The summed E-state index contributed by atoms with van der Waals surface area (Å²) in [6, 6.07) is 3.93. The van der Waals surface area contributed by atoms with Gasteiger partial charge in [0.05, 0.1) is 0 Å². The Bertz CT molecular complexity index is 920. The van der Waals surface area contributed by atoms with Crippen molar-refractivity contribution < 1.29 is 14.3 Å². The molecule has 2 fully saturated rings. The third kappa shape index (κ3) is 3.26. The SMILES string of the molecule is O=C(Nc1cc(C2=CCN(C(O)C3CC3F)CC2)c2cc[nH]c2n1)C1CC1. The second-order valence-corrected chi connectivity index (χ2v) is 7.86. The van der Waals surface area contributed by atoms with Crippen LogP contribution in [0, 0.1) is 11.8 Å². The fourth-order valence-electron chi connectivity index (χ4n) is 3.87. The van der Waals surface area contributed by atoms with Crippen LogP contribution in [0.2, 0.25) is 0 Å². The van der Waals surface area contributed by atoms with Crippen molar-refractivity contribution in [2.45, 2.75) is 38.1 Å². The average molecular weight is 370 g/mol. The molecule has 7 heteroatoms. The number of fused-ring (bicyclic) bond motifs is 1. The maximum Gasteiger partial charge on any atom is 0.228 e. The van der Waals surface area contributed by atoms with Crippen LogP contribution >= 0.6 is 0 Å². The molecule has 142 valence electrons. The Balaban J connectivity index is 1.39. The molecule has 0 saturated heterocycles. The van der Waals surface area contributed by atoms with Crippen molar-refractivity contribution in [3.05, 3.63) is 30.0 Å². The molecule has 1 aliphatic heterocycles. The highest BCUT2D eigenvalue weighted by Crippen LogP contribution is 2.39. The summed E-state index contributed by atoms with van der Waals surface area (Å²) in [5, 5.41) is 14.2. The summed E-state index contributed by atoms with van der Waals surface area (Å²) in [5.41, 5.74) is 2.97. The Morgan fingerprint density at radius 2 is 2.26 bits per heavy atom. The van der Waals surface area contributed by atoms with Crippen LogP contribution < -0.4 is 5.32 Å². The molecule has 27 heavy (non-hydrogen) atoms. The van der Waals surface area contributed by atoms with Crippen LogP contribution in [-0.4, -0.2) is 51.4 Å². The molecule has 0 radical (unpaired) electrons. The first-order valence-electron chi connectivity index (χ1n) is 9.65. The number of H-pyrrole nitrogens is 1. The predicted octanol–water partition coefficient (Wildman–Crippen LogP) is 2.68. The van der Waals surface area contributed by atoms with Crippen molar-refractivity contribution in [3.8, 4) is 0 Å². The number of halogens is 1. The first-order valence-corrected chi connectivity index (χ1v) is 9.65. The number of nitrogens with one attached hydrogen (secondary N) is 2. The van der Waals surface area contributed by atoms with Gasteiger partial charge in [-0.05, 0) is 49.0 Å². The molecule has 2 saturated carbocycles. The number of anilines is 1. The average Bonchev–Trinajstić information content (AvgIpc) is 3.59. The fourth-order valence-corrected chi connectivity index (χ4v) is 3.87. The van der Waals surface area contributed by atoms with Crippen molar-refractivity contribution in [2.75, 3.05) is 18.4 Å². The molecular weight excluding hydrogens is 347 g/mol. The van der Waals surface area contributed by atoms with E-state index < -0.39 is 12.4 Å². The summed E-state index contributed by atoms with van der Waals surface area (Å²) < 4.78 is 13.2. The van der Waals surface area contributed by atoms with Gasteiger partial charge in [0, 0.05) is 36.5 Å². The zero-order valence-corrected chi connectivity index (χ0v) is 15.0. The Labute approximate surface area is 156 Å². The van der Waals surface area contributed by atoms with Crippen molar-refractivity contribution >= 4 is 28.3 Å². The summed E-state index contributed by atoms with van der Waals surface area (Å²) in [4.78, 5) is 21.7. The van der Waals surface area contributed by atoms with Crippen molar-refractivity contribution in [1.82, 2.24) is 14.9 Å². The number of hydrogen-bond acceptors (Lipinski definition) is 4. The van der Waals surface area contributed by atoms with Gasteiger partial charge in [0.2, 0.25) is 5.91 Å². The smallest absolute Gasteiger partial charge is 0.228 e. The quantitative estimate of drug-likeness (QED) is 0.756. The molecule has 3 unspecified atom stereocenters. The first-order chi connectivity index (χ1) is 13.1. The summed E-state index contributed by atoms with van der Waals surface area (Å²) in [6.07, 6.45) is 5.52. The number of hydrogen-bond donors (Lipinski definition) is 3. The van der Waals surface area contributed by atoms with E-state index in [-0.39, 0.29) is 17.7 Å². The van der Waals surface area contributed by atoms with Crippen molar-refractivity contribution in [1.29, 1.82) is 0 Å². The molecule has 3 N–H and O–H groups in total. The van der Waals surface area contributed by atoms with Gasteiger partial charge in [0.25, 0.3) is 0 Å². The Morgan fingerprint density at radius 3 is 2.93 bits per heavy atom. The van der Waals surface area contributed by atoms with Gasteiger partial charge in [0.15, 0.2) is 0 Å². The maximum atomic E-state index is 13.2. The lowest BCUT2D eigenvalue weighted by molar-refractivity contribution is -0.117. The van der Waals surface area contributed by atoms with Gasteiger partial charge < -0.3 is 15.4 Å². The van der Waals surface area contributed by atoms with E-state index >= 15 is 0 Å². The standard InChI is InChI=1S/C20H23FN4O2/c21-16-9-15(16)20(27)25-7-4-11(5-8-25)14-10-17(24-19(26)12-1-2-12)23-18-13(14)3-6-22-18/h3-4,6,10,12,15-16,20,27H,1-2,5,7-9H2,(H2,22,23,24,26). The number of aromatic amines is 1. The van der Waals surface area contributed by atoms with Crippen LogP contribution in [-0.2, 0) is 4.79 Å². The molecule has 2 aliphatic carbocycles. The molecule has 2 aromatic heterocycles. The number of aliphatic hydroxyl groups excluding tert-OH is 1. The number of carbonyl (C=O) groups excluding carboxylic acids is 1. The van der Waals surface area contributed by atoms with E-state index in [9.17, 15) is 14.3 Å². The molecule has 0 spiro atoms. The molecule has 5 rings (SSSR count). The van der Waals surface area contributed by atoms with E-state index in [1.54, 1.807) is 0 Å². The molecule has 3 atom stereocenters. The third-order valence-corrected chi connectivity index (χ3v) is 5.83. The van der Waals surface area contributed by atoms with Gasteiger partial charge in [-0.2, -0.15) is 0 Å². The van der Waals surface area contributed by atoms with Crippen LogP contribution in [0.25, 0.3) is 16.6 Å². The maximum absolute atomic E-state index is 13.2. The number of rotatable bonds is 5. The normalized spacial score (nSPS) is 26.7. The lowest BCUT2D eigenvalue weighted by Crippen LogP contribution is -2.40. The molecule has 0 bridgehead atoms. The Kier molecular flexibility index (Phi) is 4.02. The van der Waals surface area contributed by atoms with Crippen molar-refractivity contribution in [2.24, 2.45) is 11.8 Å². The van der Waals surface area contributed by atoms with Gasteiger partial charge in [0.1, 0.15) is 23.9 Å². The minimum absolute atomic E-state index is 0.0384. The number of nitrogens with zero attached hydrogens (tertiary/aromatic N) is 2. The van der Waals surface area contributed by atoms with Crippen molar-refractivity contribution in [3.63, 3.8) is 0 Å². The summed E-state index contributed by atoms with van der Waals surface area (Å²) in [6.45, 7) is 1.28. The summed E-state index contributed by atoms with van der Waals surface area (Å²) in [5.74, 6) is 0.497. The molecule has 6 nitrogen and oxygen atoms in total. The highest BCUT2D eigenvalue weighted by atomic mass is 19.1. The molecule has 1 amide bonds. The zero-order chi connectivity index (χ0) is 18.5. The number of aromatic nitrogens is 2. The van der Waals surface area contributed by atoms with Crippen LogP contribution in [0.3, 0.4) is 0 Å². The van der Waals surface area contributed by atoms with Crippen LogP contribution in [0.15, 0.2) is 24.4 Å². The van der Waals surface area contributed by atoms with Gasteiger partial charge in [-0.3, -0.25) is 9.69 Å². The van der Waals surface area contributed by atoms with Gasteiger partial charge >= 0.3 is 0 Å². The Morgan fingerprint density at radius 1 is 1.44 bits per heavy atom. The fraction of sp³-hybridized carbons (Fsp3) is 0.500.